The average Bonchev–Trinajstić information content (AvgIpc) is 2.35. The molecule has 0 aromatic rings. The Bertz CT molecular complexity index is 492. The molecule has 0 fully saturated rings. The first-order valence-electron chi connectivity index (χ1n) is 5.06. The molecule has 0 heterocycles. The van der Waals surface area contributed by atoms with Gasteiger partial charge in [0.25, 0.3) is 0 Å². The first-order valence-corrected chi connectivity index (χ1v) is 5.06. The zero-order valence-electron chi connectivity index (χ0n) is 11.3. The van der Waals surface area contributed by atoms with Crippen molar-refractivity contribution in [2.45, 2.75) is 48.1 Å². The zero-order chi connectivity index (χ0) is 21.1. The first kappa shape index (κ1) is 31.5. The molecule has 0 bridgehead atoms. The van der Waals surface area contributed by atoms with Gasteiger partial charge >= 0.3 is 48.1 Å². The van der Waals surface area contributed by atoms with Crippen LogP contribution >= 0.6 is 0 Å². The molecule has 0 aliphatic carbocycles. The monoisotopic (exact) mass is 578 g/mol. The molecule has 0 rings (SSSR count). The molecule has 0 radical (unpaired) electrons. The van der Waals surface area contributed by atoms with Crippen molar-refractivity contribution in [2.24, 2.45) is 0 Å². The molecule has 0 spiro atoms. The van der Waals surface area contributed by atoms with Crippen molar-refractivity contribution < 1.29 is 109 Å². The summed E-state index contributed by atoms with van der Waals surface area (Å²) in [5.74, 6) is -49.2. The summed E-state index contributed by atoms with van der Waals surface area (Å²) in [4.78, 5) is 0. The van der Waals surface area contributed by atoms with Gasteiger partial charge in [0.2, 0.25) is 0 Å². The molecule has 0 saturated heterocycles. The second kappa shape index (κ2) is 7.89. The van der Waals surface area contributed by atoms with Crippen molar-refractivity contribution in [3.63, 3.8) is 0 Å². The lowest BCUT2D eigenvalue weighted by molar-refractivity contribution is -0.456. The Morgan fingerprint density at radius 3 is 0.815 bits per heavy atom. The predicted octanol–water partition coefficient (Wildman–Crippen LogP) is -0.366. The van der Waals surface area contributed by atoms with E-state index < -0.39 is 48.1 Å². The Balaban J connectivity index is -0.00000288. The van der Waals surface area contributed by atoms with E-state index in [1.54, 1.807) is 0 Å². The molecule has 0 aromatic carbocycles. The lowest BCUT2D eigenvalue weighted by Gasteiger charge is -2.41. The Kier molecular flexibility index (Phi) is 9.19. The third kappa shape index (κ3) is 4.08. The summed E-state index contributed by atoms with van der Waals surface area (Å²) in [5.41, 5.74) is 0. The van der Waals surface area contributed by atoms with Crippen LogP contribution in [0.3, 0.4) is 0 Å². The molecule has 19 heteroatoms. The highest BCUT2D eigenvalue weighted by molar-refractivity contribution is 5.13. The molecule has 0 unspecified atom stereocenters. The highest BCUT2D eigenvalue weighted by Gasteiger charge is 2.94. The van der Waals surface area contributed by atoms with Crippen molar-refractivity contribution in [3.05, 3.63) is 0 Å². The largest absolute Gasteiger partial charge is 1.00 e. The molecule has 27 heavy (non-hydrogen) atoms. The van der Waals surface area contributed by atoms with Gasteiger partial charge in [-0.05, 0) is 0 Å². The van der Waals surface area contributed by atoms with Crippen LogP contribution in [0.2, 0.25) is 0 Å². The van der Waals surface area contributed by atoms with Crippen molar-refractivity contribution >= 4 is 0 Å². The Morgan fingerprint density at radius 2 is 0.593 bits per heavy atom. The smallest absolute Gasteiger partial charge is 0.460 e. The standard InChI is InChI=1S/C8HF17.2BrH/c9-1(10)2(11,12)3(13,14)4(15,16)5(17,18)6(19,20)7(21,22)8(23,24)25;;/h1H;2*1H/p-2. The SMILES string of the molecule is FC(F)C(F)(F)C(F)(F)C(F)(F)C(F)(F)C(F)(F)C(F)(F)C(F)(F)F.[Br-].[Br-]. The number of alkyl halides is 17. The van der Waals surface area contributed by atoms with E-state index in [0.717, 1.165) is 0 Å². The number of hydrogen-bond acceptors (Lipinski definition) is 0. The fraction of sp³-hybridized carbons (Fsp3) is 1.00. The van der Waals surface area contributed by atoms with Crippen molar-refractivity contribution in [1.29, 1.82) is 0 Å². The molecule has 0 atom stereocenters. The van der Waals surface area contributed by atoms with E-state index in [0.29, 0.717) is 0 Å². The van der Waals surface area contributed by atoms with Crippen LogP contribution in [0.1, 0.15) is 0 Å². The maximum Gasteiger partial charge on any atom is 0.460 e. The highest BCUT2D eigenvalue weighted by Crippen LogP contribution is 2.62. The van der Waals surface area contributed by atoms with Gasteiger partial charge in [-0.1, -0.05) is 0 Å². The summed E-state index contributed by atoms with van der Waals surface area (Å²) in [6, 6.07) is 0. The quantitative estimate of drug-likeness (QED) is 0.377. The molecular weight excluding hydrogens is 579 g/mol. The van der Waals surface area contributed by atoms with Gasteiger partial charge in [0.1, 0.15) is 0 Å². The van der Waals surface area contributed by atoms with Crippen LogP contribution in [-0.4, -0.2) is 48.1 Å². The van der Waals surface area contributed by atoms with Crippen LogP contribution in [0.5, 0.6) is 0 Å². The highest BCUT2D eigenvalue weighted by atomic mass is 79.9. The Hall–Kier alpha value is -0.230. The maximum absolute atomic E-state index is 12.8. The van der Waals surface area contributed by atoms with E-state index in [1.807, 2.05) is 0 Å². The minimum Gasteiger partial charge on any atom is -1.00 e. The summed E-state index contributed by atoms with van der Waals surface area (Å²) in [6.45, 7) is 0. The van der Waals surface area contributed by atoms with Crippen LogP contribution in [0, 0.1) is 0 Å². The zero-order valence-corrected chi connectivity index (χ0v) is 14.4. The third-order valence-electron chi connectivity index (χ3n) is 2.63. The van der Waals surface area contributed by atoms with Gasteiger partial charge in [0, 0.05) is 0 Å². The van der Waals surface area contributed by atoms with Gasteiger partial charge in [0.15, 0.2) is 0 Å². The second-order valence-corrected chi connectivity index (χ2v) is 4.29. The van der Waals surface area contributed by atoms with Crippen molar-refractivity contribution in [1.82, 2.24) is 0 Å². The summed E-state index contributed by atoms with van der Waals surface area (Å²) in [5, 5.41) is 0. The molecule has 0 aromatic heterocycles. The van der Waals surface area contributed by atoms with Crippen molar-refractivity contribution in [3.8, 4) is 0 Å². The van der Waals surface area contributed by atoms with E-state index in [-0.39, 0.29) is 34.0 Å². The topological polar surface area (TPSA) is 0 Å². The average molecular weight is 580 g/mol. The van der Waals surface area contributed by atoms with Gasteiger partial charge < -0.3 is 34.0 Å². The van der Waals surface area contributed by atoms with Gasteiger partial charge in [-0.2, -0.15) is 65.9 Å². The minimum absolute atomic E-state index is 0. The number of rotatable bonds is 6. The van der Waals surface area contributed by atoms with Crippen LogP contribution in [-0.2, 0) is 0 Å². The summed E-state index contributed by atoms with van der Waals surface area (Å²) in [7, 11) is 0. The summed E-state index contributed by atoms with van der Waals surface area (Å²) in [6.07, 6.45) is -13.6. The third-order valence-corrected chi connectivity index (χ3v) is 2.63. The van der Waals surface area contributed by atoms with E-state index in [4.69, 9.17) is 0 Å². The van der Waals surface area contributed by atoms with E-state index in [9.17, 15) is 74.6 Å². The van der Waals surface area contributed by atoms with Gasteiger partial charge in [-0.3, -0.25) is 0 Å². The molecule has 0 aliphatic rings. The summed E-state index contributed by atoms with van der Waals surface area (Å²) >= 11 is 0. The van der Waals surface area contributed by atoms with Crippen molar-refractivity contribution in [2.75, 3.05) is 0 Å². The lowest BCUT2D eigenvalue weighted by atomic mass is 9.91. The predicted molar refractivity (Wildman–Crippen MR) is 41.7 cm³/mol. The fourth-order valence-corrected chi connectivity index (χ4v) is 1.12. The molecular formula is C8HBr2F17-2. The normalized spacial score (nSPS) is 15.3. The molecule has 0 saturated carbocycles. The summed E-state index contributed by atoms with van der Waals surface area (Å²) < 4.78 is 209. The second-order valence-electron chi connectivity index (χ2n) is 4.29. The van der Waals surface area contributed by atoms with E-state index in [1.165, 1.54) is 0 Å². The molecule has 0 nitrogen and oxygen atoms in total. The van der Waals surface area contributed by atoms with E-state index >= 15 is 0 Å². The van der Waals surface area contributed by atoms with Crippen LogP contribution in [0.15, 0.2) is 0 Å². The Labute approximate surface area is 157 Å². The lowest BCUT2D eigenvalue weighted by Crippen LogP contribution is -3.00. The fourth-order valence-electron chi connectivity index (χ4n) is 1.12. The number of hydrogen-bond donors (Lipinski definition) is 0. The molecule has 0 N–H and O–H groups in total. The van der Waals surface area contributed by atoms with Gasteiger partial charge in [-0.15, -0.1) is 0 Å². The van der Waals surface area contributed by atoms with Crippen LogP contribution in [0.4, 0.5) is 74.6 Å². The number of halogens is 19. The molecule has 168 valence electrons. The van der Waals surface area contributed by atoms with Gasteiger partial charge in [0.05, 0.1) is 0 Å². The molecule has 0 aliphatic heterocycles. The Morgan fingerprint density at radius 1 is 0.370 bits per heavy atom. The molecule has 0 amide bonds. The first-order chi connectivity index (χ1) is 10.4. The van der Waals surface area contributed by atoms with E-state index in [2.05, 4.69) is 0 Å². The maximum atomic E-state index is 12.8. The van der Waals surface area contributed by atoms with Crippen LogP contribution < -0.4 is 34.0 Å². The van der Waals surface area contributed by atoms with Gasteiger partial charge in [-0.25, -0.2) is 8.78 Å². The minimum atomic E-state index is -8.54. The van der Waals surface area contributed by atoms with Crippen LogP contribution in [0.25, 0.3) is 0 Å².